The maximum absolute atomic E-state index is 13.6. The first kappa shape index (κ1) is 80.2. The monoisotopic (exact) mass is 1180 g/mol. The minimum Gasteiger partial charge on any atom is -0.456 e. The molecule has 0 saturated carbocycles. The molecule has 0 aliphatic rings. The number of hydrogen-bond donors (Lipinski definition) is 2. The fraction of sp³-hybridized carbons (Fsp3) is 0.781. The van der Waals surface area contributed by atoms with Gasteiger partial charge in [0.25, 0.3) is 0 Å². The summed E-state index contributed by atoms with van der Waals surface area (Å²) in [6.45, 7) is 6.90. The number of quaternary nitrogens is 1. The Balaban J connectivity index is 5.20. The number of likely N-dealkylation sites (N-methyl/N-ethyl adjacent to an activating group) is 1. The summed E-state index contributed by atoms with van der Waals surface area (Å²) >= 11 is 0. The first-order valence-electron chi connectivity index (χ1n) is 34.9. The molecular formula is C73H134N2O7P+. The van der Waals surface area contributed by atoms with Crippen molar-refractivity contribution in [2.75, 3.05) is 40.9 Å². The second kappa shape index (κ2) is 62.2. The molecule has 0 radical (unpaired) electrons. The molecule has 0 aromatic rings. The van der Waals surface area contributed by atoms with Crippen LogP contribution in [0.3, 0.4) is 0 Å². The zero-order valence-corrected chi connectivity index (χ0v) is 56.1. The molecule has 0 fully saturated rings. The van der Waals surface area contributed by atoms with Crippen LogP contribution in [0.5, 0.6) is 0 Å². The Hall–Kier alpha value is -2.81. The van der Waals surface area contributed by atoms with Gasteiger partial charge in [-0.15, -0.1) is 0 Å². The third kappa shape index (κ3) is 63.5. The van der Waals surface area contributed by atoms with E-state index in [0.29, 0.717) is 17.4 Å². The van der Waals surface area contributed by atoms with Crippen molar-refractivity contribution in [3.8, 4) is 0 Å². The van der Waals surface area contributed by atoms with Gasteiger partial charge in [0.2, 0.25) is 5.91 Å². The van der Waals surface area contributed by atoms with E-state index in [2.05, 4.69) is 99.0 Å². The van der Waals surface area contributed by atoms with Crippen LogP contribution in [-0.2, 0) is 27.9 Å². The van der Waals surface area contributed by atoms with Gasteiger partial charge in [0.15, 0.2) is 0 Å². The van der Waals surface area contributed by atoms with Gasteiger partial charge in [0, 0.05) is 12.8 Å². The summed E-state index contributed by atoms with van der Waals surface area (Å²) in [5.41, 5.74) is 0. The number of amides is 1. The summed E-state index contributed by atoms with van der Waals surface area (Å²) in [5.74, 6) is -0.547. The van der Waals surface area contributed by atoms with Gasteiger partial charge in [-0.3, -0.25) is 18.6 Å². The van der Waals surface area contributed by atoms with E-state index in [1.165, 1.54) is 186 Å². The van der Waals surface area contributed by atoms with E-state index in [-0.39, 0.29) is 37.9 Å². The lowest BCUT2D eigenvalue weighted by atomic mass is 10.0. The van der Waals surface area contributed by atoms with Crippen molar-refractivity contribution in [3.05, 3.63) is 85.1 Å². The Kier molecular flexibility index (Phi) is 60.1. The number of nitrogens with zero attached hydrogens (tertiary/aromatic N) is 1. The summed E-state index contributed by atoms with van der Waals surface area (Å²) in [6, 6.07) is -0.875. The smallest absolute Gasteiger partial charge is 0.456 e. The van der Waals surface area contributed by atoms with Crippen LogP contribution in [0.4, 0.5) is 0 Å². The minimum absolute atomic E-state index is 0.0297. The van der Waals surface area contributed by atoms with Gasteiger partial charge in [0.05, 0.1) is 33.8 Å². The highest BCUT2D eigenvalue weighted by molar-refractivity contribution is 7.47. The van der Waals surface area contributed by atoms with Crippen LogP contribution >= 0.6 is 7.82 Å². The molecule has 83 heavy (non-hydrogen) atoms. The number of carbonyl (C=O) groups is 2. The molecule has 0 bridgehead atoms. The molecule has 482 valence electrons. The number of hydrogen-bond acceptors (Lipinski definition) is 6. The SMILES string of the molecule is CC/C=C\C/C=C\C/C=C\C/C=C\C/C=C\C/C=C\CCCCC(=O)NC(COP(=O)(O)OCC[N+](C)(C)C)C(/C=C/CCCCCCCCCCCCC)OC(=O)CCCCCCCCCCCCCCCCCCCCCCCCC. The van der Waals surface area contributed by atoms with Gasteiger partial charge < -0.3 is 19.4 Å². The van der Waals surface area contributed by atoms with E-state index in [9.17, 15) is 19.0 Å². The number of esters is 1. The number of allylic oxidation sites excluding steroid dienone is 13. The maximum Gasteiger partial charge on any atom is 0.472 e. The van der Waals surface area contributed by atoms with Gasteiger partial charge in [-0.25, -0.2) is 4.57 Å². The van der Waals surface area contributed by atoms with E-state index in [1.807, 2.05) is 33.3 Å². The first-order valence-corrected chi connectivity index (χ1v) is 36.4. The van der Waals surface area contributed by atoms with Crippen molar-refractivity contribution in [1.82, 2.24) is 5.32 Å². The normalized spacial score (nSPS) is 14.1. The van der Waals surface area contributed by atoms with Crippen LogP contribution in [0.1, 0.15) is 316 Å². The summed E-state index contributed by atoms with van der Waals surface area (Å²) in [5, 5.41) is 3.04. The molecular weight excluding hydrogens is 1050 g/mol. The highest BCUT2D eigenvalue weighted by atomic mass is 31.2. The minimum atomic E-state index is -4.47. The predicted molar refractivity (Wildman–Crippen MR) is 360 cm³/mol. The highest BCUT2D eigenvalue weighted by Crippen LogP contribution is 2.43. The van der Waals surface area contributed by atoms with Gasteiger partial charge in [-0.1, -0.05) is 305 Å². The molecule has 0 aromatic carbocycles. The quantitative estimate of drug-likeness (QED) is 0.0205. The summed E-state index contributed by atoms with van der Waals surface area (Å²) in [6.07, 6.45) is 83.2. The van der Waals surface area contributed by atoms with Gasteiger partial charge in [0.1, 0.15) is 19.3 Å². The highest BCUT2D eigenvalue weighted by Gasteiger charge is 2.30. The Morgan fingerprint density at radius 1 is 0.434 bits per heavy atom. The molecule has 3 atom stereocenters. The van der Waals surface area contributed by atoms with Gasteiger partial charge >= 0.3 is 13.8 Å². The number of carbonyl (C=O) groups excluding carboxylic acids is 2. The summed E-state index contributed by atoms with van der Waals surface area (Å²) in [7, 11) is 1.47. The Bertz CT molecular complexity index is 1700. The van der Waals surface area contributed by atoms with E-state index in [4.69, 9.17) is 13.8 Å². The lowest BCUT2D eigenvalue weighted by molar-refractivity contribution is -0.870. The zero-order chi connectivity index (χ0) is 60.7. The van der Waals surface area contributed by atoms with E-state index in [1.54, 1.807) is 0 Å². The number of phosphoric ester groups is 1. The van der Waals surface area contributed by atoms with Crippen molar-refractivity contribution >= 4 is 19.7 Å². The van der Waals surface area contributed by atoms with Crippen LogP contribution < -0.4 is 5.32 Å². The number of rotatable bonds is 63. The largest absolute Gasteiger partial charge is 0.472 e. The van der Waals surface area contributed by atoms with Crippen molar-refractivity contribution < 1.29 is 37.3 Å². The average Bonchev–Trinajstić information content (AvgIpc) is 3.46. The molecule has 10 heteroatoms. The van der Waals surface area contributed by atoms with Crippen LogP contribution in [0.25, 0.3) is 0 Å². The van der Waals surface area contributed by atoms with Crippen LogP contribution in [-0.4, -0.2) is 74.3 Å². The molecule has 3 unspecified atom stereocenters. The number of unbranched alkanes of at least 4 members (excludes halogenated alkanes) is 35. The van der Waals surface area contributed by atoms with E-state index >= 15 is 0 Å². The number of phosphoric acid groups is 1. The van der Waals surface area contributed by atoms with Gasteiger partial charge in [-0.05, 0) is 83.1 Å². The molecule has 0 aromatic heterocycles. The Morgan fingerprint density at radius 3 is 1.17 bits per heavy atom. The zero-order valence-electron chi connectivity index (χ0n) is 55.2. The number of ether oxygens (including phenoxy) is 1. The maximum atomic E-state index is 13.6. The molecule has 0 spiro atoms. The topological polar surface area (TPSA) is 111 Å². The van der Waals surface area contributed by atoms with E-state index in [0.717, 1.165) is 89.9 Å². The fourth-order valence-electron chi connectivity index (χ4n) is 10.0. The first-order chi connectivity index (χ1) is 40.4. The van der Waals surface area contributed by atoms with Crippen molar-refractivity contribution in [2.24, 2.45) is 0 Å². The molecule has 0 aliphatic carbocycles. The second-order valence-electron chi connectivity index (χ2n) is 24.7. The summed E-state index contributed by atoms with van der Waals surface area (Å²) in [4.78, 5) is 37.9. The third-order valence-electron chi connectivity index (χ3n) is 15.3. The van der Waals surface area contributed by atoms with E-state index < -0.39 is 20.0 Å². The lowest BCUT2D eigenvalue weighted by Crippen LogP contribution is -2.47. The Morgan fingerprint density at radius 2 is 0.771 bits per heavy atom. The molecule has 0 rings (SSSR count). The standard InChI is InChI=1S/C73H133N2O7P/c1-7-10-13-16-19-22-25-28-30-32-34-36-37-39-41-43-45-48-51-54-57-60-63-66-73(77)82-71(64-61-58-55-52-49-46-27-24-21-18-15-12-9-3)70(69-81-83(78,79)80-68-67-75(4,5)6)74-72(76)65-62-59-56-53-50-47-44-42-40-38-35-33-31-29-26-23-20-17-14-11-8-2/h11,14,20,23,29,31,35,38,42,44,50,53,61,64,70-71H,7-10,12-13,15-19,21-22,24-28,30,32-34,36-37,39-41,43,45-49,51-52,54-60,62-63,65-69H2,1-6H3,(H-,74,76,78,79)/p+1/b14-11-,23-20-,31-29-,38-35-,44-42-,53-50-,64-61+. The average molecular weight is 1180 g/mol. The Labute approximate surface area is 514 Å². The molecule has 2 N–H and O–H groups in total. The van der Waals surface area contributed by atoms with Crippen LogP contribution in [0, 0.1) is 0 Å². The van der Waals surface area contributed by atoms with Crippen molar-refractivity contribution in [1.29, 1.82) is 0 Å². The fourth-order valence-corrected chi connectivity index (χ4v) is 10.7. The molecule has 0 heterocycles. The van der Waals surface area contributed by atoms with Crippen molar-refractivity contribution in [2.45, 2.75) is 328 Å². The second-order valence-corrected chi connectivity index (χ2v) is 26.1. The molecule has 1 amide bonds. The van der Waals surface area contributed by atoms with Gasteiger partial charge in [-0.2, -0.15) is 0 Å². The molecule has 9 nitrogen and oxygen atoms in total. The van der Waals surface area contributed by atoms with Crippen LogP contribution in [0.15, 0.2) is 85.1 Å². The summed E-state index contributed by atoms with van der Waals surface area (Å²) < 4.78 is 30.8. The molecule has 0 aliphatic heterocycles. The third-order valence-corrected chi connectivity index (χ3v) is 16.3. The lowest BCUT2D eigenvalue weighted by Gasteiger charge is -2.27. The molecule has 0 saturated heterocycles. The number of nitrogens with one attached hydrogen (secondary N) is 1. The van der Waals surface area contributed by atoms with Crippen LogP contribution in [0.2, 0.25) is 0 Å². The predicted octanol–water partition coefficient (Wildman–Crippen LogP) is 22.1. The van der Waals surface area contributed by atoms with Crippen molar-refractivity contribution in [3.63, 3.8) is 0 Å².